The van der Waals surface area contributed by atoms with Crippen molar-refractivity contribution in [3.63, 3.8) is 0 Å². The number of methoxy groups -OCH3 is 1. The average Bonchev–Trinajstić information content (AvgIpc) is 2.25. The summed E-state index contributed by atoms with van der Waals surface area (Å²) in [6, 6.07) is 4.40. The van der Waals surface area contributed by atoms with Gasteiger partial charge in [-0.15, -0.1) is 0 Å². The van der Waals surface area contributed by atoms with Crippen molar-refractivity contribution in [1.29, 1.82) is 0 Å². The maximum absolute atomic E-state index is 12.4. The number of rotatable bonds is 4. The third kappa shape index (κ3) is 3.78. The summed E-state index contributed by atoms with van der Waals surface area (Å²) in [6.07, 6.45) is -6.51. The number of halogens is 4. The van der Waals surface area contributed by atoms with Crippen LogP contribution in [0.1, 0.15) is 0 Å². The zero-order valence-corrected chi connectivity index (χ0v) is 10.5. The first-order chi connectivity index (χ1) is 7.88. The van der Waals surface area contributed by atoms with Gasteiger partial charge in [0.05, 0.1) is 11.6 Å². The third-order valence-corrected chi connectivity index (χ3v) is 2.61. The summed E-state index contributed by atoms with van der Waals surface area (Å²) in [4.78, 5) is 0. The van der Waals surface area contributed by atoms with Gasteiger partial charge in [0.2, 0.25) is 6.10 Å². The highest BCUT2D eigenvalue weighted by Crippen LogP contribution is 2.32. The van der Waals surface area contributed by atoms with E-state index in [-0.39, 0.29) is 5.75 Å². The first-order valence-electron chi connectivity index (χ1n) is 4.65. The van der Waals surface area contributed by atoms with Crippen LogP contribution < -0.4 is 15.2 Å². The molecule has 1 rings (SSSR count). The smallest absolute Gasteiger partial charge is 0.426 e. The Balaban J connectivity index is 2.87. The molecule has 0 radical (unpaired) electrons. The molecule has 1 aromatic carbocycles. The van der Waals surface area contributed by atoms with Crippen LogP contribution in [0.2, 0.25) is 0 Å². The van der Waals surface area contributed by atoms with Gasteiger partial charge in [-0.1, -0.05) is 0 Å². The van der Waals surface area contributed by atoms with E-state index >= 15 is 0 Å². The lowest BCUT2D eigenvalue weighted by Gasteiger charge is -2.21. The quantitative estimate of drug-likeness (QED) is 0.929. The molecule has 96 valence electrons. The van der Waals surface area contributed by atoms with Crippen LogP contribution in [0.15, 0.2) is 22.7 Å². The minimum atomic E-state index is -4.49. The summed E-state index contributed by atoms with van der Waals surface area (Å²) in [6.45, 7) is -0.637. The number of alkyl halides is 3. The predicted octanol–water partition coefficient (Wildman–Crippen LogP) is 2.73. The van der Waals surface area contributed by atoms with Crippen LogP contribution in [0.5, 0.6) is 11.5 Å². The molecule has 0 aromatic heterocycles. The molecule has 0 fully saturated rings. The Bertz CT molecular complexity index is 384. The van der Waals surface area contributed by atoms with Gasteiger partial charge < -0.3 is 15.2 Å². The van der Waals surface area contributed by atoms with Gasteiger partial charge in [-0.3, -0.25) is 0 Å². The second-order valence-corrected chi connectivity index (χ2v) is 4.03. The van der Waals surface area contributed by atoms with Crippen molar-refractivity contribution in [3.05, 3.63) is 22.7 Å². The average molecular weight is 314 g/mol. The second-order valence-electron chi connectivity index (χ2n) is 3.18. The van der Waals surface area contributed by atoms with E-state index in [0.29, 0.717) is 10.2 Å². The molecule has 0 bridgehead atoms. The van der Waals surface area contributed by atoms with Crippen molar-refractivity contribution >= 4 is 15.9 Å². The van der Waals surface area contributed by atoms with E-state index in [1.54, 1.807) is 0 Å². The molecule has 0 saturated carbocycles. The van der Waals surface area contributed by atoms with Gasteiger partial charge in [0.1, 0.15) is 11.5 Å². The SMILES string of the molecule is COc1ccc(OC(CN)C(F)(F)F)c(Br)c1. The first kappa shape index (κ1) is 14.1. The lowest BCUT2D eigenvalue weighted by Crippen LogP contribution is -2.40. The minimum absolute atomic E-state index is 0.0681. The predicted molar refractivity (Wildman–Crippen MR) is 60.2 cm³/mol. The lowest BCUT2D eigenvalue weighted by molar-refractivity contribution is -0.191. The van der Waals surface area contributed by atoms with E-state index in [9.17, 15) is 13.2 Å². The van der Waals surface area contributed by atoms with Gasteiger partial charge in [0.15, 0.2) is 0 Å². The van der Waals surface area contributed by atoms with Crippen molar-refractivity contribution in [2.24, 2.45) is 5.73 Å². The molecular weight excluding hydrogens is 303 g/mol. The summed E-state index contributed by atoms with van der Waals surface area (Å²) >= 11 is 3.10. The van der Waals surface area contributed by atoms with Crippen molar-refractivity contribution in [2.75, 3.05) is 13.7 Å². The van der Waals surface area contributed by atoms with E-state index in [4.69, 9.17) is 15.2 Å². The van der Waals surface area contributed by atoms with Gasteiger partial charge in [-0.25, -0.2) is 0 Å². The molecule has 0 heterocycles. The fraction of sp³-hybridized carbons (Fsp3) is 0.400. The molecule has 0 aliphatic carbocycles. The van der Waals surface area contributed by atoms with Crippen LogP contribution in [0.25, 0.3) is 0 Å². The van der Waals surface area contributed by atoms with E-state index in [2.05, 4.69) is 15.9 Å². The van der Waals surface area contributed by atoms with Crippen LogP contribution in [0.4, 0.5) is 13.2 Å². The normalized spacial score (nSPS) is 13.3. The van der Waals surface area contributed by atoms with E-state index < -0.39 is 18.8 Å². The first-order valence-corrected chi connectivity index (χ1v) is 5.44. The fourth-order valence-electron chi connectivity index (χ4n) is 1.11. The standard InChI is InChI=1S/C10H11BrF3NO2/c1-16-6-2-3-8(7(11)4-6)17-9(5-15)10(12,13)14/h2-4,9H,5,15H2,1H3. The molecular formula is C10H11BrF3NO2. The number of benzene rings is 1. The van der Waals surface area contributed by atoms with Crippen LogP contribution in [0.3, 0.4) is 0 Å². The number of hydrogen-bond donors (Lipinski definition) is 1. The third-order valence-electron chi connectivity index (χ3n) is 1.99. The molecule has 0 saturated heterocycles. The maximum Gasteiger partial charge on any atom is 0.426 e. The Morgan fingerprint density at radius 1 is 1.41 bits per heavy atom. The highest BCUT2D eigenvalue weighted by molar-refractivity contribution is 9.10. The molecule has 0 aliphatic heterocycles. The molecule has 0 spiro atoms. The summed E-state index contributed by atoms with van der Waals surface area (Å²) in [5, 5.41) is 0. The van der Waals surface area contributed by atoms with Gasteiger partial charge in [-0.2, -0.15) is 13.2 Å². The molecule has 3 nitrogen and oxygen atoms in total. The Hall–Kier alpha value is -0.950. The number of nitrogens with two attached hydrogens (primary N) is 1. The van der Waals surface area contributed by atoms with Gasteiger partial charge >= 0.3 is 6.18 Å². The number of hydrogen-bond acceptors (Lipinski definition) is 3. The highest BCUT2D eigenvalue weighted by atomic mass is 79.9. The molecule has 17 heavy (non-hydrogen) atoms. The molecule has 2 N–H and O–H groups in total. The van der Waals surface area contributed by atoms with Crippen LogP contribution in [0, 0.1) is 0 Å². The number of ether oxygens (including phenoxy) is 2. The van der Waals surface area contributed by atoms with Crippen LogP contribution in [-0.4, -0.2) is 25.9 Å². The topological polar surface area (TPSA) is 44.5 Å². The van der Waals surface area contributed by atoms with Gasteiger partial charge in [0.25, 0.3) is 0 Å². The molecule has 7 heteroatoms. The minimum Gasteiger partial charge on any atom is -0.497 e. The summed E-state index contributed by atoms with van der Waals surface area (Å²) in [5.41, 5.74) is 5.03. The second kappa shape index (κ2) is 5.59. The van der Waals surface area contributed by atoms with Crippen molar-refractivity contribution in [2.45, 2.75) is 12.3 Å². The lowest BCUT2D eigenvalue weighted by atomic mass is 10.3. The van der Waals surface area contributed by atoms with E-state index in [0.717, 1.165) is 0 Å². The largest absolute Gasteiger partial charge is 0.497 e. The van der Waals surface area contributed by atoms with Crippen molar-refractivity contribution in [1.82, 2.24) is 0 Å². The Morgan fingerprint density at radius 3 is 2.47 bits per heavy atom. The summed E-state index contributed by atoms with van der Waals surface area (Å²) < 4.78 is 47.4. The highest BCUT2D eigenvalue weighted by Gasteiger charge is 2.41. The molecule has 1 unspecified atom stereocenters. The van der Waals surface area contributed by atoms with Gasteiger partial charge in [-0.05, 0) is 34.1 Å². The zero-order valence-electron chi connectivity index (χ0n) is 8.92. The van der Waals surface area contributed by atoms with Crippen LogP contribution >= 0.6 is 15.9 Å². The van der Waals surface area contributed by atoms with Crippen molar-refractivity contribution < 1.29 is 22.6 Å². The Morgan fingerprint density at radius 2 is 2.06 bits per heavy atom. The monoisotopic (exact) mass is 313 g/mol. The van der Waals surface area contributed by atoms with Crippen LogP contribution in [-0.2, 0) is 0 Å². The molecule has 0 aliphatic rings. The molecule has 1 atom stereocenters. The Labute approximate surface area is 105 Å². The zero-order chi connectivity index (χ0) is 13.1. The summed E-state index contributed by atoms with van der Waals surface area (Å²) in [7, 11) is 1.46. The van der Waals surface area contributed by atoms with Gasteiger partial charge in [0, 0.05) is 6.54 Å². The molecule has 1 aromatic rings. The Kier molecular flexibility index (Phi) is 4.64. The van der Waals surface area contributed by atoms with Crippen molar-refractivity contribution in [3.8, 4) is 11.5 Å². The van der Waals surface area contributed by atoms with E-state index in [1.807, 2.05) is 0 Å². The van der Waals surface area contributed by atoms with E-state index in [1.165, 1.54) is 25.3 Å². The maximum atomic E-state index is 12.4. The summed E-state index contributed by atoms with van der Waals surface area (Å²) in [5.74, 6) is 0.583. The molecule has 0 amide bonds. The fourth-order valence-corrected chi connectivity index (χ4v) is 1.56.